The third-order valence-electron chi connectivity index (χ3n) is 2.20. The average molecular weight is 316 g/mol. The second kappa shape index (κ2) is 6.67. The first-order chi connectivity index (χ1) is 9.64. The van der Waals surface area contributed by atoms with Crippen molar-refractivity contribution in [1.82, 2.24) is 0 Å². The molecule has 0 radical (unpaired) electrons. The minimum absolute atomic E-state index is 0.0484. The minimum Gasteiger partial charge on any atom is -0.506 e. The molecule has 0 saturated heterocycles. The summed E-state index contributed by atoms with van der Waals surface area (Å²) in [7, 11) is 0. The van der Waals surface area contributed by atoms with Gasteiger partial charge in [-0.25, -0.2) is 9.59 Å². The minimum atomic E-state index is -0.800. The number of hydrogen-bond donors (Lipinski definition) is 2. The van der Waals surface area contributed by atoms with E-state index >= 15 is 0 Å². The van der Waals surface area contributed by atoms with Crippen LogP contribution in [0.25, 0.3) is 0 Å². The van der Waals surface area contributed by atoms with Gasteiger partial charge in [-0.05, 0) is 33.8 Å². The summed E-state index contributed by atoms with van der Waals surface area (Å²) in [5.74, 6) is -1.06. The molecule has 0 heterocycles. The molecular formula is C14H18ClNO5. The highest BCUT2D eigenvalue weighted by atomic mass is 35.5. The van der Waals surface area contributed by atoms with Gasteiger partial charge in [-0.2, -0.15) is 0 Å². The van der Waals surface area contributed by atoms with Crippen LogP contribution in [0, 0.1) is 0 Å². The number of ether oxygens (including phenoxy) is 2. The quantitative estimate of drug-likeness (QED) is 0.658. The number of amides is 1. The molecule has 0 fully saturated rings. The molecule has 6 nitrogen and oxygen atoms in total. The fourth-order valence-corrected chi connectivity index (χ4v) is 1.71. The van der Waals surface area contributed by atoms with E-state index in [0.29, 0.717) is 0 Å². The molecule has 1 aromatic carbocycles. The summed E-state index contributed by atoms with van der Waals surface area (Å²) in [6, 6.07) is 2.50. The van der Waals surface area contributed by atoms with Crippen molar-refractivity contribution in [3.63, 3.8) is 0 Å². The van der Waals surface area contributed by atoms with Crippen molar-refractivity contribution in [3.05, 3.63) is 22.7 Å². The van der Waals surface area contributed by atoms with Crippen LogP contribution in [0.3, 0.4) is 0 Å². The zero-order chi connectivity index (χ0) is 16.2. The predicted molar refractivity (Wildman–Crippen MR) is 78.9 cm³/mol. The molecular weight excluding hydrogens is 298 g/mol. The number of carbonyl (C=O) groups excluding carboxylic acids is 2. The number of phenols is 1. The standard InChI is InChI=1S/C14H18ClNO5/c1-5-20-12(18)9-6-8(15)7-10(17)11(9)16-13(19)21-14(2,3)4/h6-7,17H,5H2,1-4H3,(H,16,19). The lowest BCUT2D eigenvalue weighted by atomic mass is 10.1. The van der Waals surface area contributed by atoms with Crippen LogP contribution in [0.1, 0.15) is 38.1 Å². The maximum atomic E-state index is 11.9. The maximum Gasteiger partial charge on any atom is 0.412 e. The number of hydrogen-bond acceptors (Lipinski definition) is 5. The van der Waals surface area contributed by atoms with Gasteiger partial charge in [-0.15, -0.1) is 0 Å². The van der Waals surface area contributed by atoms with Gasteiger partial charge in [0.25, 0.3) is 0 Å². The smallest absolute Gasteiger partial charge is 0.412 e. The van der Waals surface area contributed by atoms with Gasteiger partial charge in [-0.1, -0.05) is 11.6 Å². The molecule has 21 heavy (non-hydrogen) atoms. The van der Waals surface area contributed by atoms with Gasteiger partial charge >= 0.3 is 12.1 Å². The van der Waals surface area contributed by atoms with Crippen LogP contribution in [-0.2, 0) is 9.47 Å². The highest BCUT2D eigenvalue weighted by molar-refractivity contribution is 6.31. The number of nitrogens with one attached hydrogen (secondary N) is 1. The summed E-state index contributed by atoms with van der Waals surface area (Å²) in [6.07, 6.45) is -0.800. The Balaban J connectivity index is 3.10. The van der Waals surface area contributed by atoms with E-state index in [2.05, 4.69) is 5.32 Å². The molecule has 0 aliphatic rings. The number of esters is 1. The molecule has 0 atom stereocenters. The molecule has 0 saturated carbocycles. The lowest BCUT2D eigenvalue weighted by Gasteiger charge is -2.20. The van der Waals surface area contributed by atoms with Crippen LogP contribution in [-0.4, -0.2) is 29.4 Å². The molecule has 116 valence electrons. The number of rotatable bonds is 3. The van der Waals surface area contributed by atoms with E-state index in [1.165, 1.54) is 12.1 Å². The zero-order valence-electron chi connectivity index (χ0n) is 12.3. The van der Waals surface area contributed by atoms with Crippen molar-refractivity contribution in [3.8, 4) is 5.75 Å². The number of phenolic OH excluding ortho intramolecular Hbond substituents is 1. The Kier molecular flexibility index (Phi) is 5.43. The first-order valence-electron chi connectivity index (χ1n) is 6.33. The zero-order valence-corrected chi connectivity index (χ0v) is 13.1. The highest BCUT2D eigenvalue weighted by Gasteiger charge is 2.22. The fraction of sp³-hybridized carbons (Fsp3) is 0.429. The van der Waals surface area contributed by atoms with Gasteiger partial charge < -0.3 is 14.6 Å². The van der Waals surface area contributed by atoms with Crippen LogP contribution in [0.4, 0.5) is 10.5 Å². The third-order valence-corrected chi connectivity index (χ3v) is 2.42. The summed E-state index contributed by atoms with van der Waals surface area (Å²) in [5.41, 5.74) is -0.865. The molecule has 0 aliphatic heterocycles. The summed E-state index contributed by atoms with van der Waals surface area (Å²) >= 11 is 5.80. The van der Waals surface area contributed by atoms with E-state index in [1.54, 1.807) is 27.7 Å². The Morgan fingerprint density at radius 2 is 1.95 bits per heavy atom. The monoisotopic (exact) mass is 315 g/mol. The Labute approximate surface area is 128 Å². The summed E-state index contributed by atoms with van der Waals surface area (Å²) in [4.78, 5) is 23.6. The van der Waals surface area contributed by atoms with Crippen LogP contribution in [0.2, 0.25) is 5.02 Å². The fourth-order valence-electron chi connectivity index (χ4n) is 1.50. The maximum absolute atomic E-state index is 11.9. The topological polar surface area (TPSA) is 84.9 Å². The molecule has 0 spiro atoms. The average Bonchev–Trinajstić information content (AvgIpc) is 2.30. The summed E-state index contributed by atoms with van der Waals surface area (Å²) in [5, 5.41) is 12.3. The Hall–Kier alpha value is -1.95. The molecule has 7 heteroatoms. The van der Waals surface area contributed by atoms with Gasteiger partial charge in [0, 0.05) is 11.1 Å². The van der Waals surface area contributed by atoms with E-state index < -0.39 is 17.7 Å². The SMILES string of the molecule is CCOC(=O)c1cc(Cl)cc(O)c1NC(=O)OC(C)(C)C. The first-order valence-corrected chi connectivity index (χ1v) is 6.71. The van der Waals surface area contributed by atoms with Gasteiger partial charge in [-0.3, -0.25) is 5.32 Å². The van der Waals surface area contributed by atoms with Crippen LogP contribution in [0.15, 0.2) is 12.1 Å². The van der Waals surface area contributed by atoms with Crippen LogP contribution < -0.4 is 5.32 Å². The molecule has 2 N–H and O–H groups in total. The number of carbonyl (C=O) groups is 2. The number of anilines is 1. The van der Waals surface area contributed by atoms with E-state index in [9.17, 15) is 14.7 Å². The molecule has 0 aromatic heterocycles. The third kappa shape index (κ3) is 5.15. The Bertz CT molecular complexity index is 551. The van der Waals surface area contributed by atoms with E-state index in [4.69, 9.17) is 21.1 Å². The van der Waals surface area contributed by atoms with E-state index in [1.807, 2.05) is 0 Å². The molecule has 0 unspecified atom stereocenters. The van der Waals surface area contributed by atoms with Crippen LogP contribution >= 0.6 is 11.6 Å². The van der Waals surface area contributed by atoms with Crippen molar-refractivity contribution in [1.29, 1.82) is 0 Å². The predicted octanol–water partition coefficient (Wildman–Crippen LogP) is 3.57. The summed E-state index contributed by atoms with van der Waals surface area (Å²) < 4.78 is 9.94. The lowest BCUT2D eigenvalue weighted by Crippen LogP contribution is -2.28. The lowest BCUT2D eigenvalue weighted by molar-refractivity contribution is 0.0527. The number of aromatic hydroxyl groups is 1. The van der Waals surface area contributed by atoms with Crippen molar-refractivity contribution in [2.45, 2.75) is 33.3 Å². The van der Waals surface area contributed by atoms with Crippen LogP contribution in [0.5, 0.6) is 5.75 Å². The van der Waals surface area contributed by atoms with Gasteiger partial charge in [0.2, 0.25) is 0 Å². The van der Waals surface area contributed by atoms with Crippen molar-refractivity contribution in [2.75, 3.05) is 11.9 Å². The number of benzene rings is 1. The Morgan fingerprint density at radius 1 is 1.33 bits per heavy atom. The highest BCUT2D eigenvalue weighted by Crippen LogP contribution is 2.32. The van der Waals surface area contributed by atoms with Crippen molar-refractivity contribution in [2.24, 2.45) is 0 Å². The normalized spacial score (nSPS) is 10.9. The number of halogens is 1. The van der Waals surface area contributed by atoms with Gasteiger partial charge in [0.1, 0.15) is 17.0 Å². The molecule has 0 bridgehead atoms. The Morgan fingerprint density at radius 3 is 2.48 bits per heavy atom. The van der Waals surface area contributed by atoms with E-state index in [-0.39, 0.29) is 28.6 Å². The van der Waals surface area contributed by atoms with E-state index in [0.717, 1.165) is 0 Å². The summed E-state index contributed by atoms with van der Waals surface area (Å²) in [6.45, 7) is 6.88. The van der Waals surface area contributed by atoms with Crippen molar-refractivity contribution < 1.29 is 24.2 Å². The molecule has 1 amide bonds. The molecule has 0 aliphatic carbocycles. The molecule has 1 rings (SSSR count). The largest absolute Gasteiger partial charge is 0.506 e. The second-order valence-corrected chi connectivity index (χ2v) is 5.63. The second-order valence-electron chi connectivity index (χ2n) is 5.19. The molecule has 1 aromatic rings. The first kappa shape index (κ1) is 17.1. The van der Waals surface area contributed by atoms with Crippen molar-refractivity contribution >= 4 is 29.4 Å². The van der Waals surface area contributed by atoms with Gasteiger partial charge in [0.15, 0.2) is 0 Å². The van der Waals surface area contributed by atoms with Gasteiger partial charge in [0.05, 0.1) is 12.2 Å².